The fourth-order valence-corrected chi connectivity index (χ4v) is 5.05. The summed E-state index contributed by atoms with van der Waals surface area (Å²) in [5, 5.41) is 5.88. The number of fused-ring (bicyclic) bond motifs is 1. The number of nitrogens with one attached hydrogen (secondary N) is 1. The second kappa shape index (κ2) is 9.89. The number of ether oxygens (including phenoxy) is 3. The molecule has 7 nitrogen and oxygen atoms in total. The van der Waals surface area contributed by atoms with Gasteiger partial charge in [0, 0.05) is 24.0 Å². The maximum absolute atomic E-state index is 13.1. The van der Waals surface area contributed by atoms with Crippen LogP contribution in [0.4, 0.5) is 5.69 Å². The van der Waals surface area contributed by atoms with Crippen molar-refractivity contribution in [3.63, 3.8) is 0 Å². The molecule has 0 spiro atoms. The zero-order chi connectivity index (χ0) is 23.5. The predicted octanol–water partition coefficient (Wildman–Crippen LogP) is 5.19. The Morgan fingerprint density at radius 3 is 2.59 bits per heavy atom. The monoisotopic (exact) mass is 478 g/mol. The fourth-order valence-electron chi connectivity index (χ4n) is 4.44. The first kappa shape index (κ1) is 22.5. The zero-order valence-corrected chi connectivity index (χ0v) is 19.9. The molecule has 1 saturated heterocycles. The van der Waals surface area contributed by atoms with Gasteiger partial charge in [0.25, 0.3) is 5.91 Å². The molecule has 1 N–H and O–H groups in total. The van der Waals surface area contributed by atoms with Crippen molar-refractivity contribution in [3.8, 4) is 11.5 Å². The Balaban J connectivity index is 1.70. The molecule has 1 fully saturated rings. The van der Waals surface area contributed by atoms with Crippen molar-refractivity contribution in [2.24, 2.45) is 0 Å². The van der Waals surface area contributed by atoms with Crippen molar-refractivity contribution in [1.82, 2.24) is 4.90 Å². The highest BCUT2D eigenvalue weighted by Gasteiger charge is 2.34. The number of carbonyl (C=O) groups excluding carboxylic acids is 1. The summed E-state index contributed by atoms with van der Waals surface area (Å²) in [7, 11) is 3.26. The Morgan fingerprint density at radius 2 is 1.85 bits per heavy atom. The van der Waals surface area contributed by atoms with E-state index in [9.17, 15) is 4.79 Å². The van der Waals surface area contributed by atoms with Gasteiger partial charge in [0.2, 0.25) is 0 Å². The number of amides is 1. The molecule has 0 saturated carbocycles. The van der Waals surface area contributed by atoms with E-state index in [1.54, 1.807) is 14.2 Å². The third-order valence-electron chi connectivity index (χ3n) is 5.99. The maximum Gasteiger partial charge on any atom is 0.265 e. The van der Waals surface area contributed by atoms with Crippen LogP contribution in [-0.4, -0.2) is 51.3 Å². The van der Waals surface area contributed by atoms with Crippen molar-refractivity contribution < 1.29 is 23.4 Å². The van der Waals surface area contributed by atoms with Crippen LogP contribution < -0.4 is 14.8 Å². The van der Waals surface area contributed by atoms with Gasteiger partial charge < -0.3 is 23.9 Å². The highest BCUT2D eigenvalue weighted by Crippen LogP contribution is 2.45. The summed E-state index contributed by atoms with van der Waals surface area (Å²) in [4.78, 5) is 16.0. The van der Waals surface area contributed by atoms with Crippen molar-refractivity contribution in [3.05, 3.63) is 76.2 Å². The lowest BCUT2D eigenvalue weighted by atomic mass is 9.98. The van der Waals surface area contributed by atoms with Gasteiger partial charge in [0.05, 0.1) is 44.0 Å². The third-order valence-corrected chi connectivity index (χ3v) is 6.86. The summed E-state index contributed by atoms with van der Waals surface area (Å²) in [5.41, 5.74) is 2.27. The van der Waals surface area contributed by atoms with Gasteiger partial charge in [-0.05, 0) is 29.6 Å². The molecule has 176 valence electrons. The number of hydrogen-bond acceptors (Lipinski definition) is 7. The van der Waals surface area contributed by atoms with Crippen LogP contribution in [-0.2, 0) is 4.74 Å². The second-order valence-corrected chi connectivity index (χ2v) is 8.85. The number of hydrogen-bond donors (Lipinski definition) is 1. The first-order valence-corrected chi connectivity index (χ1v) is 12.0. The van der Waals surface area contributed by atoms with E-state index in [1.165, 1.54) is 11.3 Å². The molecule has 1 aliphatic heterocycles. The standard InChI is InChI=1S/C26H26N2O5S/c1-30-20-10-5-8-18(24(20)31-2)23(28-12-14-32-15-13-28)25-22(17-7-3-4-9-19(17)33-25)27-26(29)21-11-6-16-34-21/h3-11,16,23H,12-15H2,1-2H3,(H,27,29)/t23-/m1/s1. The number of nitrogens with zero attached hydrogens (tertiary/aromatic N) is 1. The molecule has 1 amide bonds. The summed E-state index contributed by atoms with van der Waals surface area (Å²) in [6.45, 7) is 2.64. The van der Waals surface area contributed by atoms with E-state index < -0.39 is 0 Å². The van der Waals surface area contributed by atoms with Crippen LogP contribution in [0.25, 0.3) is 11.0 Å². The van der Waals surface area contributed by atoms with Crippen LogP contribution >= 0.6 is 11.3 Å². The molecular weight excluding hydrogens is 452 g/mol. The van der Waals surface area contributed by atoms with E-state index in [1.807, 2.05) is 60.0 Å². The van der Waals surface area contributed by atoms with E-state index in [0.29, 0.717) is 59.7 Å². The van der Waals surface area contributed by atoms with E-state index >= 15 is 0 Å². The van der Waals surface area contributed by atoms with E-state index in [0.717, 1.165) is 10.9 Å². The van der Waals surface area contributed by atoms with Gasteiger partial charge >= 0.3 is 0 Å². The Morgan fingerprint density at radius 1 is 1.03 bits per heavy atom. The molecule has 0 radical (unpaired) electrons. The number of rotatable bonds is 7. The number of thiophene rings is 1. The largest absolute Gasteiger partial charge is 0.493 e. The van der Waals surface area contributed by atoms with Gasteiger partial charge in [-0.2, -0.15) is 0 Å². The molecule has 1 aliphatic rings. The summed E-state index contributed by atoms with van der Waals surface area (Å²) < 4.78 is 23.5. The van der Waals surface area contributed by atoms with Gasteiger partial charge in [-0.25, -0.2) is 0 Å². The van der Waals surface area contributed by atoms with Crippen LogP contribution in [0.2, 0.25) is 0 Å². The van der Waals surface area contributed by atoms with E-state index in [4.69, 9.17) is 18.6 Å². The molecule has 5 rings (SSSR count). The van der Waals surface area contributed by atoms with Crippen molar-refractivity contribution >= 4 is 33.9 Å². The van der Waals surface area contributed by atoms with Crippen molar-refractivity contribution in [1.29, 1.82) is 0 Å². The Labute approximate surface area is 201 Å². The number of morpholine rings is 1. The normalized spacial score (nSPS) is 15.2. The SMILES string of the molecule is COc1cccc([C@H](c2oc3ccccc3c2NC(=O)c2cccs2)N2CCOCC2)c1OC. The molecule has 2 aromatic carbocycles. The number of furan rings is 1. The molecule has 34 heavy (non-hydrogen) atoms. The smallest absolute Gasteiger partial charge is 0.265 e. The quantitative estimate of drug-likeness (QED) is 0.394. The molecule has 0 unspecified atom stereocenters. The number of methoxy groups -OCH3 is 2. The summed E-state index contributed by atoms with van der Waals surface area (Å²) >= 11 is 1.40. The molecule has 0 bridgehead atoms. The third kappa shape index (κ3) is 4.16. The number of benzene rings is 2. The molecule has 3 heterocycles. The Bertz CT molecular complexity index is 1280. The lowest BCUT2D eigenvalue weighted by Gasteiger charge is -2.34. The van der Waals surface area contributed by atoms with E-state index in [-0.39, 0.29) is 11.9 Å². The minimum absolute atomic E-state index is 0.166. The lowest BCUT2D eigenvalue weighted by Crippen LogP contribution is -2.39. The van der Waals surface area contributed by atoms with Gasteiger partial charge in [0.15, 0.2) is 17.3 Å². The minimum Gasteiger partial charge on any atom is -0.493 e. The summed E-state index contributed by atoms with van der Waals surface area (Å²) in [6, 6.07) is 16.9. The van der Waals surface area contributed by atoms with Crippen LogP contribution in [0.5, 0.6) is 11.5 Å². The second-order valence-electron chi connectivity index (χ2n) is 7.90. The number of anilines is 1. The molecular formula is C26H26N2O5S. The fraction of sp³-hybridized carbons (Fsp3) is 0.269. The van der Waals surface area contributed by atoms with E-state index in [2.05, 4.69) is 10.2 Å². The zero-order valence-electron chi connectivity index (χ0n) is 19.1. The summed E-state index contributed by atoms with van der Waals surface area (Å²) in [6.07, 6.45) is 0. The molecule has 1 atom stereocenters. The van der Waals surface area contributed by atoms with Crippen molar-refractivity contribution in [2.45, 2.75) is 6.04 Å². The average molecular weight is 479 g/mol. The van der Waals surface area contributed by atoms with Gasteiger partial charge in [0.1, 0.15) is 5.58 Å². The Kier molecular flexibility index (Phi) is 6.53. The maximum atomic E-state index is 13.1. The van der Waals surface area contributed by atoms with Crippen molar-refractivity contribution in [2.75, 3.05) is 45.8 Å². The predicted molar refractivity (Wildman–Crippen MR) is 132 cm³/mol. The molecule has 0 aliphatic carbocycles. The first-order chi connectivity index (χ1) is 16.7. The number of para-hydroxylation sites is 2. The molecule has 8 heteroatoms. The highest BCUT2D eigenvalue weighted by molar-refractivity contribution is 7.12. The molecule has 4 aromatic rings. The average Bonchev–Trinajstić information content (AvgIpc) is 3.54. The minimum atomic E-state index is -0.319. The van der Waals surface area contributed by atoms with Crippen LogP contribution in [0.15, 0.2) is 64.4 Å². The van der Waals surface area contributed by atoms with Gasteiger partial charge in [-0.3, -0.25) is 9.69 Å². The summed E-state index contributed by atoms with van der Waals surface area (Å²) in [5.74, 6) is 1.76. The van der Waals surface area contributed by atoms with Gasteiger partial charge in [-0.15, -0.1) is 11.3 Å². The molecule has 2 aromatic heterocycles. The topological polar surface area (TPSA) is 73.2 Å². The Hall–Kier alpha value is -3.33. The van der Waals surface area contributed by atoms with Crippen LogP contribution in [0, 0.1) is 0 Å². The lowest BCUT2D eigenvalue weighted by molar-refractivity contribution is 0.0201. The van der Waals surface area contributed by atoms with Crippen LogP contribution in [0.3, 0.4) is 0 Å². The highest BCUT2D eigenvalue weighted by atomic mass is 32.1. The van der Waals surface area contributed by atoms with Gasteiger partial charge in [-0.1, -0.05) is 30.3 Å². The number of carbonyl (C=O) groups is 1. The van der Waals surface area contributed by atoms with Crippen LogP contribution in [0.1, 0.15) is 27.0 Å². The first-order valence-electron chi connectivity index (χ1n) is 11.1.